The number of hydrogen-bond donors (Lipinski definition) is 0. The molecular weight excluding hydrogens is 484 g/mol. The van der Waals surface area contributed by atoms with Crippen LogP contribution in [0.4, 0.5) is 0 Å². The third kappa shape index (κ3) is 3.94. The number of esters is 6. The molecule has 0 radical (unpaired) electrons. The predicted octanol–water partition coefficient (Wildman–Crippen LogP) is 3.67. The molecule has 0 atom stereocenters. The highest BCUT2D eigenvalue weighted by Crippen LogP contribution is 2.34. The molecule has 0 fully saturated rings. The largest absolute Gasteiger partial charge is 0.423 e. The minimum absolute atomic E-state index is 0.0180. The van der Waals surface area contributed by atoms with E-state index in [9.17, 15) is 28.8 Å². The van der Waals surface area contributed by atoms with Crippen molar-refractivity contribution in [1.82, 2.24) is 0 Å². The Balaban J connectivity index is 1.38. The normalized spacial score (nSPS) is 13.6. The van der Waals surface area contributed by atoms with Crippen LogP contribution in [-0.4, -0.2) is 35.8 Å². The van der Waals surface area contributed by atoms with Crippen molar-refractivity contribution >= 4 is 35.8 Å². The number of rotatable bonds is 4. The van der Waals surface area contributed by atoms with E-state index < -0.39 is 35.8 Å². The molecule has 2 aliphatic rings. The molecule has 0 bridgehead atoms. The lowest BCUT2D eigenvalue weighted by atomic mass is 10.0. The van der Waals surface area contributed by atoms with Crippen LogP contribution in [0.2, 0.25) is 0 Å². The molecule has 37 heavy (non-hydrogen) atoms. The van der Waals surface area contributed by atoms with Crippen LogP contribution in [0.5, 0.6) is 11.5 Å². The van der Waals surface area contributed by atoms with Gasteiger partial charge in [0, 0.05) is 0 Å². The second-order valence-corrected chi connectivity index (χ2v) is 8.42. The molecule has 10 heteroatoms. The molecule has 0 saturated carbocycles. The molecule has 184 valence electrons. The molecule has 5 rings (SSSR count). The number of cyclic esters (lactones) is 4. The average molecular weight is 500 g/mol. The van der Waals surface area contributed by atoms with E-state index in [4.69, 9.17) is 9.47 Å². The second kappa shape index (κ2) is 8.52. The first kappa shape index (κ1) is 23.6. The van der Waals surface area contributed by atoms with Gasteiger partial charge >= 0.3 is 35.8 Å². The predicted molar refractivity (Wildman–Crippen MR) is 123 cm³/mol. The quantitative estimate of drug-likeness (QED) is 0.296. The van der Waals surface area contributed by atoms with Gasteiger partial charge in [0.1, 0.15) is 11.5 Å². The molecule has 0 N–H and O–H groups in total. The lowest BCUT2D eigenvalue weighted by Crippen LogP contribution is -2.14. The number of carbonyl (C=O) groups is 6. The van der Waals surface area contributed by atoms with E-state index in [1.807, 2.05) is 0 Å². The van der Waals surface area contributed by atoms with Crippen molar-refractivity contribution in [3.63, 3.8) is 0 Å². The summed E-state index contributed by atoms with van der Waals surface area (Å²) in [7, 11) is 0. The van der Waals surface area contributed by atoms with Crippen molar-refractivity contribution in [1.29, 1.82) is 0 Å². The van der Waals surface area contributed by atoms with Crippen molar-refractivity contribution in [2.45, 2.75) is 20.8 Å². The SMILES string of the molecule is Cc1cc(OC(=O)c2ccc3c(c2)C(=O)OC3=O)c(C)c(C)c1OC(=O)c1ccc2c(c1)C(=O)OC2=O. The van der Waals surface area contributed by atoms with Crippen LogP contribution in [0.15, 0.2) is 42.5 Å². The van der Waals surface area contributed by atoms with Gasteiger partial charge in [-0.25, -0.2) is 28.8 Å². The van der Waals surface area contributed by atoms with E-state index in [0.717, 1.165) is 0 Å². The van der Waals surface area contributed by atoms with Crippen LogP contribution in [0, 0.1) is 20.8 Å². The highest BCUT2D eigenvalue weighted by Gasteiger charge is 2.32. The van der Waals surface area contributed by atoms with Crippen LogP contribution < -0.4 is 9.47 Å². The number of carbonyl (C=O) groups excluding carboxylic acids is 6. The van der Waals surface area contributed by atoms with E-state index in [2.05, 4.69) is 9.47 Å². The molecule has 0 spiro atoms. The summed E-state index contributed by atoms with van der Waals surface area (Å²) >= 11 is 0. The number of fused-ring (bicyclic) bond motifs is 2. The van der Waals surface area contributed by atoms with Crippen molar-refractivity contribution in [2.24, 2.45) is 0 Å². The van der Waals surface area contributed by atoms with Crippen LogP contribution in [0.25, 0.3) is 0 Å². The molecule has 0 aliphatic carbocycles. The Hall–Kier alpha value is -5.12. The Morgan fingerprint density at radius 1 is 0.595 bits per heavy atom. The van der Waals surface area contributed by atoms with Crippen molar-refractivity contribution < 1.29 is 47.7 Å². The summed E-state index contributed by atoms with van der Waals surface area (Å²) in [6.45, 7) is 5.00. The Bertz CT molecular complexity index is 1610. The topological polar surface area (TPSA) is 139 Å². The zero-order valence-corrected chi connectivity index (χ0v) is 19.6. The van der Waals surface area contributed by atoms with Crippen molar-refractivity contribution in [2.75, 3.05) is 0 Å². The van der Waals surface area contributed by atoms with Crippen LogP contribution in [0.1, 0.15) is 78.8 Å². The van der Waals surface area contributed by atoms with Gasteiger partial charge in [-0.05, 0) is 79.9 Å². The van der Waals surface area contributed by atoms with E-state index in [1.54, 1.807) is 20.8 Å². The van der Waals surface area contributed by atoms with Gasteiger partial charge in [0.2, 0.25) is 0 Å². The third-order valence-electron chi connectivity index (χ3n) is 6.14. The Labute approximate surface area is 208 Å². The Morgan fingerprint density at radius 3 is 1.57 bits per heavy atom. The number of ether oxygens (including phenoxy) is 4. The molecule has 3 aromatic carbocycles. The molecule has 10 nitrogen and oxygen atoms in total. The maximum absolute atomic E-state index is 12.8. The minimum atomic E-state index is -0.837. The molecule has 0 aromatic heterocycles. The Morgan fingerprint density at radius 2 is 1.05 bits per heavy atom. The fraction of sp³-hybridized carbons (Fsp3) is 0.111. The van der Waals surface area contributed by atoms with Gasteiger partial charge in [-0.1, -0.05) is 0 Å². The average Bonchev–Trinajstić information content (AvgIpc) is 3.32. The van der Waals surface area contributed by atoms with Gasteiger partial charge in [-0.2, -0.15) is 0 Å². The zero-order valence-electron chi connectivity index (χ0n) is 19.6. The van der Waals surface area contributed by atoms with Gasteiger partial charge in [0.25, 0.3) is 0 Å². The Kier molecular flexibility index (Phi) is 5.44. The van der Waals surface area contributed by atoms with E-state index in [-0.39, 0.29) is 44.9 Å². The number of benzene rings is 3. The molecule has 2 heterocycles. The van der Waals surface area contributed by atoms with Crippen LogP contribution >= 0.6 is 0 Å². The van der Waals surface area contributed by atoms with E-state index in [0.29, 0.717) is 16.7 Å². The molecule has 0 unspecified atom stereocenters. The molecule has 2 aliphatic heterocycles. The van der Waals surface area contributed by atoms with Gasteiger partial charge in [0.05, 0.1) is 33.4 Å². The lowest BCUT2D eigenvalue weighted by molar-refractivity contribution is 0.0425. The first-order chi connectivity index (χ1) is 17.5. The van der Waals surface area contributed by atoms with E-state index >= 15 is 0 Å². The molecule has 0 saturated heterocycles. The fourth-order valence-corrected chi connectivity index (χ4v) is 4.02. The van der Waals surface area contributed by atoms with Gasteiger partial charge in [-0.3, -0.25) is 0 Å². The summed E-state index contributed by atoms with van der Waals surface area (Å²) in [5.74, 6) is -4.31. The summed E-state index contributed by atoms with van der Waals surface area (Å²) in [4.78, 5) is 72.4. The second-order valence-electron chi connectivity index (χ2n) is 8.42. The van der Waals surface area contributed by atoms with Gasteiger partial charge in [-0.15, -0.1) is 0 Å². The summed E-state index contributed by atoms with van der Waals surface area (Å²) in [6.07, 6.45) is 0. The lowest BCUT2D eigenvalue weighted by Gasteiger charge is -2.16. The van der Waals surface area contributed by atoms with Gasteiger partial charge in [0.15, 0.2) is 0 Å². The highest BCUT2D eigenvalue weighted by atomic mass is 16.6. The molecule has 3 aromatic rings. The monoisotopic (exact) mass is 500 g/mol. The zero-order chi connectivity index (χ0) is 26.6. The first-order valence-electron chi connectivity index (χ1n) is 10.9. The van der Waals surface area contributed by atoms with Gasteiger partial charge < -0.3 is 18.9 Å². The highest BCUT2D eigenvalue weighted by molar-refractivity contribution is 6.16. The third-order valence-corrected chi connectivity index (χ3v) is 6.14. The van der Waals surface area contributed by atoms with Crippen molar-refractivity contribution in [3.05, 3.63) is 92.5 Å². The maximum Gasteiger partial charge on any atom is 0.346 e. The fourth-order valence-electron chi connectivity index (χ4n) is 4.02. The van der Waals surface area contributed by atoms with Crippen molar-refractivity contribution in [3.8, 4) is 11.5 Å². The molecule has 0 amide bonds. The summed E-state index contributed by atoms with van der Waals surface area (Å²) in [6, 6.07) is 9.34. The summed E-state index contributed by atoms with van der Waals surface area (Å²) in [5.41, 5.74) is 1.72. The number of aryl methyl sites for hydroxylation is 1. The minimum Gasteiger partial charge on any atom is -0.423 e. The van der Waals surface area contributed by atoms with Crippen LogP contribution in [-0.2, 0) is 9.47 Å². The maximum atomic E-state index is 12.8. The molecular formula is C27H16O10. The number of hydrogen-bond acceptors (Lipinski definition) is 10. The van der Waals surface area contributed by atoms with E-state index in [1.165, 1.54) is 42.5 Å². The first-order valence-corrected chi connectivity index (χ1v) is 10.9. The standard InChI is InChI=1S/C27H16O10/c1-11-8-20(34-22(28)14-4-6-16-18(9-14)26(32)36-24(16)30)12(2)13(3)21(11)35-23(29)15-5-7-17-19(10-15)27(33)37-25(17)31/h4-10H,1-3H3. The smallest absolute Gasteiger partial charge is 0.346 e. The van der Waals surface area contributed by atoms with Crippen LogP contribution in [0.3, 0.4) is 0 Å². The summed E-state index contributed by atoms with van der Waals surface area (Å²) < 4.78 is 20.2. The summed E-state index contributed by atoms with van der Waals surface area (Å²) in [5, 5.41) is 0.